The van der Waals surface area contributed by atoms with Gasteiger partial charge in [0.05, 0.1) is 6.10 Å². The predicted molar refractivity (Wildman–Crippen MR) is 97.6 cm³/mol. The minimum absolute atomic E-state index is 0.0809. The first kappa shape index (κ1) is 17.8. The fourth-order valence-corrected chi connectivity index (χ4v) is 3.03. The molecule has 0 aliphatic heterocycles. The number of nitrogens with one attached hydrogen (secondary N) is 2. The number of aliphatic hydroxyl groups excluding tert-OH is 1. The molecule has 26 heavy (non-hydrogen) atoms. The minimum Gasteiger partial charge on any atom is -0.387 e. The number of nitrogens with zero attached hydrogens (tertiary/aromatic N) is 1. The Kier molecular flexibility index (Phi) is 5.45. The molecule has 3 aromatic rings. The predicted octanol–water partition coefficient (Wildman–Crippen LogP) is 2.50. The van der Waals surface area contributed by atoms with Gasteiger partial charge in [-0.3, -0.25) is 14.9 Å². The van der Waals surface area contributed by atoms with E-state index in [0.717, 1.165) is 10.4 Å². The van der Waals surface area contributed by atoms with Gasteiger partial charge in [0.2, 0.25) is 0 Å². The van der Waals surface area contributed by atoms with E-state index < -0.39 is 17.9 Å². The lowest BCUT2D eigenvalue weighted by Crippen LogP contribution is -2.37. The number of thiophene rings is 1. The van der Waals surface area contributed by atoms with Crippen molar-refractivity contribution in [1.82, 2.24) is 10.5 Å². The molecule has 3 rings (SSSR count). The molecule has 0 spiro atoms. The first-order chi connectivity index (χ1) is 12.5. The van der Waals surface area contributed by atoms with Crippen LogP contribution in [0.4, 0.5) is 5.82 Å². The lowest BCUT2D eigenvalue weighted by molar-refractivity contribution is -0.136. The summed E-state index contributed by atoms with van der Waals surface area (Å²) in [6, 6.07) is 12.9. The maximum absolute atomic E-state index is 11.8. The molecule has 0 fully saturated rings. The normalized spacial score (nSPS) is 11.8. The van der Waals surface area contributed by atoms with Crippen molar-refractivity contribution in [3.8, 4) is 10.4 Å². The van der Waals surface area contributed by atoms with Crippen LogP contribution in [0.15, 0.2) is 52.4 Å². The second-order valence-corrected chi connectivity index (χ2v) is 6.55. The number of hydrogen-bond acceptors (Lipinski definition) is 6. The highest BCUT2D eigenvalue weighted by molar-refractivity contribution is 7.13. The Morgan fingerprint density at radius 1 is 1.23 bits per heavy atom. The second-order valence-electron chi connectivity index (χ2n) is 5.60. The van der Waals surface area contributed by atoms with Gasteiger partial charge in [0.25, 0.3) is 0 Å². The molecule has 0 bridgehead atoms. The van der Waals surface area contributed by atoms with Crippen molar-refractivity contribution in [1.29, 1.82) is 0 Å². The molecular weight excluding hydrogens is 354 g/mol. The fraction of sp³-hybridized carbons (Fsp3) is 0.167. The van der Waals surface area contributed by atoms with E-state index in [1.165, 1.54) is 6.07 Å². The summed E-state index contributed by atoms with van der Waals surface area (Å²) in [5.41, 5.74) is 1.71. The van der Waals surface area contributed by atoms with Gasteiger partial charge < -0.3 is 14.9 Å². The Labute approximate surface area is 153 Å². The number of amides is 2. The van der Waals surface area contributed by atoms with E-state index in [-0.39, 0.29) is 12.4 Å². The van der Waals surface area contributed by atoms with E-state index in [1.54, 1.807) is 30.4 Å². The van der Waals surface area contributed by atoms with Gasteiger partial charge in [-0.05, 0) is 29.5 Å². The summed E-state index contributed by atoms with van der Waals surface area (Å²) < 4.78 is 4.80. The lowest BCUT2D eigenvalue weighted by Gasteiger charge is -2.12. The maximum Gasteiger partial charge on any atom is 0.314 e. The number of anilines is 1. The van der Waals surface area contributed by atoms with Crippen LogP contribution in [0.1, 0.15) is 17.4 Å². The summed E-state index contributed by atoms with van der Waals surface area (Å²) >= 11 is 1.63. The average molecular weight is 371 g/mol. The van der Waals surface area contributed by atoms with Gasteiger partial charge in [-0.2, -0.15) is 0 Å². The summed E-state index contributed by atoms with van der Waals surface area (Å²) in [5, 5.41) is 20.5. The van der Waals surface area contributed by atoms with Gasteiger partial charge in [0, 0.05) is 17.5 Å². The van der Waals surface area contributed by atoms with Crippen LogP contribution in [0.5, 0.6) is 0 Å². The molecule has 1 unspecified atom stereocenters. The smallest absolute Gasteiger partial charge is 0.314 e. The van der Waals surface area contributed by atoms with Crippen LogP contribution in [0.25, 0.3) is 10.4 Å². The van der Waals surface area contributed by atoms with E-state index in [2.05, 4.69) is 15.8 Å². The van der Waals surface area contributed by atoms with Crippen molar-refractivity contribution in [3.63, 3.8) is 0 Å². The van der Waals surface area contributed by atoms with Gasteiger partial charge >= 0.3 is 11.8 Å². The van der Waals surface area contributed by atoms with Crippen molar-refractivity contribution in [2.45, 2.75) is 13.0 Å². The van der Waals surface area contributed by atoms with E-state index >= 15 is 0 Å². The lowest BCUT2D eigenvalue weighted by atomic mass is 10.1. The van der Waals surface area contributed by atoms with Crippen LogP contribution in [0.3, 0.4) is 0 Å². The zero-order valence-corrected chi connectivity index (χ0v) is 14.7. The number of hydrogen-bond donors (Lipinski definition) is 3. The molecule has 1 atom stereocenters. The van der Waals surface area contributed by atoms with Gasteiger partial charge in [0.15, 0.2) is 5.82 Å². The minimum atomic E-state index is -0.918. The molecule has 2 amide bonds. The Balaban J connectivity index is 1.52. The summed E-state index contributed by atoms with van der Waals surface area (Å²) in [4.78, 5) is 24.7. The van der Waals surface area contributed by atoms with Crippen LogP contribution in [0, 0.1) is 6.92 Å². The molecule has 0 saturated carbocycles. The molecule has 1 aromatic carbocycles. The molecule has 0 radical (unpaired) electrons. The number of aryl methyl sites for hydroxylation is 1. The van der Waals surface area contributed by atoms with Crippen LogP contribution in [0.2, 0.25) is 0 Å². The Hall–Kier alpha value is -2.97. The van der Waals surface area contributed by atoms with Gasteiger partial charge in [0.1, 0.15) is 5.76 Å². The summed E-state index contributed by atoms with van der Waals surface area (Å²) in [5.74, 6) is -1.06. The van der Waals surface area contributed by atoms with Crippen molar-refractivity contribution >= 4 is 29.0 Å². The Morgan fingerprint density at radius 2 is 2.00 bits per heavy atom. The zero-order valence-electron chi connectivity index (χ0n) is 13.9. The van der Waals surface area contributed by atoms with E-state index in [4.69, 9.17) is 4.52 Å². The largest absolute Gasteiger partial charge is 0.387 e. The first-order valence-corrected chi connectivity index (χ1v) is 8.75. The second kappa shape index (κ2) is 7.94. The molecule has 8 heteroatoms. The van der Waals surface area contributed by atoms with E-state index in [9.17, 15) is 14.7 Å². The van der Waals surface area contributed by atoms with Gasteiger partial charge in [-0.15, -0.1) is 11.3 Å². The molecule has 0 aliphatic carbocycles. The quantitative estimate of drug-likeness (QED) is 0.598. The summed E-state index contributed by atoms with van der Waals surface area (Å²) in [7, 11) is 0. The van der Waals surface area contributed by atoms with Crippen LogP contribution in [-0.4, -0.2) is 28.6 Å². The monoisotopic (exact) mass is 371 g/mol. The van der Waals surface area contributed by atoms with Crippen molar-refractivity contribution in [2.24, 2.45) is 0 Å². The van der Waals surface area contributed by atoms with Crippen molar-refractivity contribution in [2.75, 3.05) is 11.9 Å². The molecule has 0 saturated heterocycles. The van der Waals surface area contributed by atoms with Gasteiger partial charge in [-0.1, -0.05) is 35.5 Å². The van der Waals surface area contributed by atoms with E-state index in [1.807, 2.05) is 29.6 Å². The standard InChI is InChI=1S/C18H17N3O4S/c1-11-9-16(21-25-11)20-18(24)17(23)19-10-14(22)12-4-6-13(7-5-12)15-3-2-8-26-15/h2-9,14,22H,10H2,1H3,(H,19,23)(H,20,21,24). The third-order valence-corrected chi connectivity index (χ3v) is 4.55. The SMILES string of the molecule is Cc1cc(NC(=O)C(=O)NCC(O)c2ccc(-c3cccs3)cc2)no1. The highest BCUT2D eigenvalue weighted by atomic mass is 32.1. The number of carbonyl (C=O) groups is 2. The zero-order chi connectivity index (χ0) is 18.5. The topological polar surface area (TPSA) is 104 Å². The maximum atomic E-state index is 11.8. The van der Waals surface area contributed by atoms with Crippen molar-refractivity contribution < 1.29 is 19.2 Å². The van der Waals surface area contributed by atoms with E-state index in [0.29, 0.717) is 11.3 Å². The Bertz CT molecular complexity index is 888. The molecule has 134 valence electrons. The fourth-order valence-electron chi connectivity index (χ4n) is 2.30. The van der Waals surface area contributed by atoms with Crippen LogP contribution < -0.4 is 10.6 Å². The number of benzene rings is 1. The third kappa shape index (κ3) is 4.35. The molecular formula is C18H17N3O4S. The average Bonchev–Trinajstić information content (AvgIpc) is 3.31. The molecule has 2 aromatic heterocycles. The van der Waals surface area contributed by atoms with Crippen LogP contribution in [-0.2, 0) is 9.59 Å². The van der Waals surface area contributed by atoms with Gasteiger partial charge in [-0.25, -0.2) is 0 Å². The first-order valence-electron chi connectivity index (χ1n) is 7.87. The summed E-state index contributed by atoms with van der Waals surface area (Å²) in [6.45, 7) is 1.59. The number of rotatable bonds is 5. The highest BCUT2D eigenvalue weighted by Gasteiger charge is 2.17. The third-order valence-electron chi connectivity index (χ3n) is 3.63. The summed E-state index contributed by atoms with van der Waals surface area (Å²) in [6.07, 6.45) is -0.918. The van der Waals surface area contributed by atoms with Crippen molar-refractivity contribution in [3.05, 3.63) is 59.2 Å². The van der Waals surface area contributed by atoms with Crippen LogP contribution >= 0.6 is 11.3 Å². The highest BCUT2D eigenvalue weighted by Crippen LogP contribution is 2.25. The number of aromatic nitrogens is 1. The number of carbonyl (C=O) groups excluding carboxylic acids is 2. The molecule has 7 nitrogen and oxygen atoms in total. The molecule has 0 aliphatic rings. The number of aliphatic hydroxyl groups is 1. The Morgan fingerprint density at radius 3 is 2.62 bits per heavy atom. The molecule has 2 heterocycles. The molecule has 3 N–H and O–H groups in total.